The van der Waals surface area contributed by atoms with Crippen LogP contribution in [0.3, 0.4) is 0 Å². The van der Waals surface area contributed by atoms with Crippen molar-refractivity contribution in [3.63, 3.8) is 0 Å². The average molecular weight is 1120 g/mol. The second-order valence-corrected chi connectivity index (χ2v) is 18.3. The SMILES string of the molecule is COC(=O)c1cc(Br)c2cc(Cc3ccc(F)cc3)cnc2c1OC.COC(=O)c1cc(C(C)=O)c2cc(Cc3ccc(F)cc3)cnc2c1O.COC(=O)c1cc(C(C)=O)c2cc(Cc3ccc(F)cc3)cnc2c1OC. The van der Waals surface area contributed by atoms with Crippen LogP contribution in [0.5, 0.6) is 17.2 Å². The largest absolute Gasteiger partial charge is 0.505 e. The molecule has 9 aromatic rings. The highest BCUT2D eigenvalue weighted by Gasteiger charge is 2.24. The van der Waals surface area contributed by atoms with Gasteiger partial charge in [0.1, 0.15) is 50.7 Å². The molecule has 0 aliphatic carbocycles. The number of carbonyl (C=O) groups is 5. The molecule has 0 aliphatic rings. The summed E-state index contributed by atoms with van der Waals surface area (Å²) in [4.78, 5) is 73.2. The number of Topliss-reactive ketones (excluding diaryl/α,β-unsaturated/α-hetero) is 2. The third-order valence-electron chi connectivity index (χ3n) is 12.3. The lowest BCUT2D eigenvalue weighted by Gasteiger charge is -2.14. The molecule has 1 N–H and O–H groups in total. The zero-order chi connectivity index (χ0) is 56.4. The number of methoxy groups -OCH3 is 5. The fourth-order valence-electron chi connectivity index (χ4n) is 8.49. The number of nitrogens with zero attached hydrogens (tertiary/aromatic N) is 3. The minimum absolute atomic E-state index is 0.107. The molecule has 6 aromatic carbocycles. The Balaban J connectivity index is 0.000000170. The van der Waals surface area contributed by atoms with Gasteiger partial charge in [0.15, 0.2) is 28.8 Å². The Morgan fingerprint density at radius 3 is 1.13 bits per heavy atom. The van der Waals surface area contributed by atoms with E-state index in [2.05, 4.69) is 35.6 Å². The van der Waals surface area contributed by atoms with Crippen molar-refractivity contribution in [1.82, 2.24) is 15.0 Å². The van der Waals surface area contributed by atoms with Crippen LogP contribution < -0.4 is 9.47 Å². The number of aromatic nitrogens is 3. The Kier molecular flexibility index (Phi) is 18.3. The number of carbonyl (C=O) groups excluding carboxylic acids is 5. The summed E-state index contributed by atoms with van der Waals surface area (Å²) in [6, 6.07) is 28.7. The van der Waals surface area contributed by atoms with E-state index in [1.54, 1.807) is 67.1 Å². The Morgan fingerprint density at radius 1 is 0.436 bits per heavy atom. The van der Waals surface area contributed by atoms with Crippen LogP contribution in [0, 0.1) is 17.5 Å². The van der Waals surface area contributed by atoms with Gasteiger partial charge in [-0.3, -0.25) is 24.5 Å². The predicted molar refractivity (Wildman–Crippen MR) is 289 cm³/mol. The molecule has 14 nitrogen and oxygen atoms in total. The summed E-state index contributed by atoms with van der Waals surface area (Å²) in [5, 5.41) is 12.2. The van der Waals surface area contributed by atoms with Gasteiger partial charge in [-0.25, -0.2) is 27.6 Å². The Bertz CT molecular complexity index is 3760. The van der Waals surface area contributed by atoms with E-state index in [4.69, 9.17) is 18.9 Å². The van der Waals surface area contributed by atoms with Gasteiger partial charge >= 0.3 is 17.9 Å². The molecule has 3 heterocycles. The number of benzene rings is 6. The van der Waals surface area contributed by atoms with Crippen molar-refractivity contribution < 1.29 is 65.9 Å². The molecule has 0 aliphatic heterocycles. The van der Waals surface area contributed by atoms with Crippen molar-refractivity contribution >= 4 is 78.1 Å². The second kappa shape index (κ2) is 25.2. The standard InChI is InChI=1S/C21H18FNO4.C20H16FNO4.C19H15BrFNO3/c1-12(24)16-10-18(21(25)27-3)20(26-2)19-17(16)9-14(11-23-19)8-13-4-6-15(22)7-5-13;1-11(23)15-9-17(20(25)26-2)19(24)18-16(15)8-13(10-22-18)7-12-3-5-14(21)6-4-12;1-24-18-15(19(23)25-2)9-16(20)14-8-12(10-22-17(14)18)7-11-3-5-13(21)6-4-11/h4-7,9-11H,8H2,1-3H3;3-6,8-10,24H,7H2,1-2H3;3-6,8-10H,7H2,1-2H3. The maximum atomic E-state index is 13.1. The fraction of sp³-hybridized carbons (Fsp3) is 0.167. The van der Waals surface area contributed by atoms with E-state index in [1.807, 2.05) is 12.1 Å². The number of ether oxygens (including phenoxy) is 5. The van der Waals surface area contributed by atoms with Crippen LogP contribution in [0.25, 0.3) is 32.7 Å². The quantitative estimate of drug-likeness (QED) is 0.0651. The highest BCUT2D eigenvalue weighted by Crippen LogP contribution is 2.37. The van der Waals surface area contributed by atoms with E-state index in [0.29, 0.717) is 57.9 Å². The van der Waals surface area contributed by atoms with Crippen LogP contribution in [0.4, 0.5) is 13.2 Å². The molecule has 9 rings (SSSR count). The van der Waals surface area contributed by atoms with Gasteiger partial charge in [-0.15, -0.1) is 0 Å². The number of phenolic OH excluding ortho intramolecular Hbond substituents is 1. The van der Waals surface area contributed by atoms with E-state index < -0.39 is 17.9 Å². The first kappa shape index (κ1) is 56.7. The van der Waals surface area contributed by atoms with Gasteiger partial charge in [0.2, 0.25) is 0 Å². The average Bonchev–Trinajstić information content (AvgIpc) is 3.56. The van der Waals surface area contributed by atoms with E-state index in [0.717, 1.165) is 43.2 Å². The number of pyridine rings is 3. The van der Waals surface area contributed by atoms with Crippen LogP contribution in [0.15, 0.2) is 132 Å². The second-order valence-electron chi connectivity index (χ2n) is 17.5. The number of fused-ring (bicyclic) bond motifs is 3. The van der Waals surface area contributed by atoms with E-state index in [9.17, 15) is 42.3 Å². The van der Waals surface area contributed by atoms with Crippen LogP contribution >= 0.6 is 15.9 Å². The first-order chi connectivity index (χ1) is 37.4. The smallest absolute Gasteiger partial charge is 0.341 e. The molecule has 0 fully saturated rings. The number of ketones is 2. The van der Waals surface area contributed by atoms with Gasteiger partial charge in [0.05, 0.1) is 35.5 Å². The van der Waals surface area contributed by atoms with Crippen molar-refractivity contribution in [3.05, 3.63) is 211 Å². The first-order valence-corrected chi connectivity index (χ1v) is 24.5. The Morgan fingerprint density at radius 2 is 0.756 bits per heavy atom. The van der Waals surface area contributed by atoms with E-state index >= 15 is 0 Å². The molecule has 18 heteroatoms. The topological polar surface area (TPSA) is 190 Å². The molecular weight excluding hydrogens is 1080 g/mol. The maximum absolute atomic E-state index is 13.1. The summed E-state index contributed by atoms with van der Waals surface area (Å²) < 4.78 is 64.9. The van der Waals surface area contributed by atoms with Crippen molar-refractivity contribution in [2.24, 2.45) is 0 Å². The van der Waals surface area contributed by atoms with Crippen molar-refractivity contribution in [2.45, 2.75) is 33.1 Å². The Hall–Kier alpha value is -9.03. The molecule has 0 spiro atoms. The molecule has 78 heavy (non-hydrogen) atoms. The molecular formula is C60H49BrF3N3O11. The summed E-state index contributed by atoms with van der Waals surface area (Å²) in [5.41, 5.74) is 7.50. The molecule has 398 valence electrons. The van der Waals surface area contributed by atoms with E-state index in [1.165, 1.54) is 97.9 Å². The van der Waals surface area contributed by atoms with Crippen molar-refractivity contribution in [1.29, 1.82) is 0 Å². The number of halogens is 4. The molecule has 0 atom stereocenters. The molecule has 0 saturated heterocycles. The van der Waals surface area contributed by atoms with Gasteiger partial charge in [0.25, 0.3) is 0 Å². The maximum Gasteiger partial charge on any atom is 0.341 e. The summed E-state index contributed by atoms with van der Waals surface area (Å²) in [6.45, 7) is 2.80. The van der Waals surface area contributed by atoms with Gasteiger partial charge in [-0.05, 0) is 139 Å². The number of phenols is 1. The lowest BCUT2D eigenvalue weighted by atomic mass is 9.97. The molecule has 0 radical (unpaired) electrons. The van der Waals surface area contributed by atoms with Crippen LogP contribution in [-0.4, -0.2) is 85.1 Å². The number of esters is 3. The summed E-state index contributed by atoms with van der Waals surface area (Å²) in [5.74, 6) is -2.87. The number of rotatable bonds is 13. The first-order valence-electron chi connectivity index (χ1n) is 23.7. The van der Waals surface area contributed by atoms with Crippen LogP contribution in [0.2, 0.25) is 0 Å². The van der Waals surface area contributed by atoms with Crippen molar-refractivity contribution in [2.75, 3.05) is 35.5 Å². The molecule has 0 saturated carbocycles. The fourth-order valence-corrected chi connectivity index (χ4v) is 9.02. The highest BCUT2D eigenvalue weighted by atomic mass is 79.9. The van der Waals surface area contributed by atoms with E-state index in [-0.39, 0.29) is 62.7 Å². The molecule has 0 unspecified atom stereocenters. The number of aromatic hydroxyl groups is 1. The monoisotopic (exact) mass is 1120 g/mol. The predicted octanol–water partition coefficient (Wildman–Crippen LogP) is 12.1. The lowest BCUT2D eigenvalue weighted by Crippen LogP contribution is -2.08. The van der Waals surface area contributed by atoms with Crippen molar-refractivity contribution in [3.8, 4) is 17.2 Å². The minimum atomic E-state index is -0.746. The van der Waals surface area contributed by atoms with Gasteiger partial charge in [0, 0.05) is 50.3 Å². The third-order valence-corrected chi connectivity index (χ3v) is 12.9. The lowest BCUT2D eigenvalue weighted by molar-refractivity contribution is 0.0588. The zero-order valence-electron chi connectivity index (χ0n) is 43.1. The minimum Gasteiger partial charge on any atom is -0.505 e. The summed E-state index contributed by atoms with van der Waals surface area (Å²) in [7, 11) is 6.70. The normalized spacial score (nSPS) is 10.7. The number of hydrogen-bond donors (Lipinski definition) is 1. The van der Waals surface area contributed by atoms with Gasteiger partial charge in [-0.1, -0.05) is 52.3 Å². The van der Waals surface area contributed by atoms with Gasteiger partial charge in [-0.2, -0.15) is 0 Å². The highest BCUT2D eigenvalue weighted by molar-refractivity contribution is 9.10. The molecule has 3 aromatic heterocycles. The van der Waals surface area contributed by atoms with Crippen LogP contribution in [-0.2, 0) is 33.5 Å². The third kappa shape index (κ3) is 13.0. The molecule has 0 bridgehead atoms. The Labute approximate surface area is 453 Å². The van der Waals surface area contributed by atoms with Gasteiger partial charge < -0.3 is 28.8 Å². The molecule has 0 amide bonds. The number of hydrogen-bond acceptors (Lipinski definition) is 14. The zero-order valence-corrected chi connectivity index (χ0v) is 44.7. The van der Waals surface area contributed by atoms with Crippen LogP contribution in [0.1, 0.15) is 99.0 Å². The summed E-state index contributed by atoms with van der Waals surface area (Å²) in [6.07, 6.45) is 6.57. The summed E-state index contributed by atoms with van der Waals surface area (Å²) >= 11 is 3.48.